The molecular weight excluding hydrogens is 366 g/mol. The maximum Gasteiger partial charge on any atom is 0.220 e. The molecule has 7 heteroatoms. The first-order valence-corrected chi connectivity index (χ1v) is 10.3. The molecule has 1 aliphatic heterocycles. The summed E-state index contributed by atoms with van der Waals surface area (Å²) < 4.78 is 5.89. The second-order valence-electron chi connectivity index (χ2n) is 7.46. The first kappa shape index (κ1) is 20.9. The van der Waals surface area contributed by atoms with Crippen LogP contribution in [-0.4, -0.2) is 48.4 Å². The first-order valence-electron chi connectivity index (χ1n) is 10.3. The van der Waals surface area contributed by atoms with Gasteiger partial charge in [-0.2, -0.15) is 0 Å². The van der Waals surface area contributed by atoms with Gasteiger partial charge in [-0.05, 0) is 32.6 Å². The average molecular weight is 398 g/mol. The van der Waals surface area contributed by atoms with Crippen LogP contribution >= 0.6 is 0 Å². The number of carbonyl (C=O) groups excluding carboxylic acids is 1. The van der Waals surface area contributed by atoms with E-state index >= 15 is 0 Å². The van der Waals surface area contributed by atoms with Gasteiger partial charge >= 0.3 is 0 Å². The molecule has 0 atom stereocenters. The van der Waals surface area contributed by atoms with E-state index in [9.17, 15) is 4.79 Å². The molecule has 156 valence electrons. The minimum Gasteiger partial charge on any atom is -0.439 e. The number of hydrogen-bond acceptors (Lipinski definition) is 4. The van der Waals surface area contributed by atoms with Crippen molar-refractivity contribution in [1.82, 2.24) is 20.5 Å². The Morgan fingerprint density at radius 1 is 1.28 bits per heavy atom. The molecule has 0 spiro atoms. The van der Waals surface area contributed by atoms with E-state index in [1.807, 2.05) is 12.1 Å². The third kappa shape index (κ3) is 5.82. The van der Waals surface area contributed by atoms with Crippen LogP contribution in [0.1, 0.15) is 37.6 Å². The van der Waals surface area contributed by atoms with Gasteiger partial charge in [0.15, 0.2) is 11.7 Å². The van der Waals surface area contributed by atoms with Gasteiger partial charge in [0.25, 0.3) is 0 Å². The molecule has 0 unspecified atom stereocenters. The second kappa shape index (κ2) is 10.1. The number of guanidine groups is 1. The fourth-order valence-electron chi connectivity index (χ4n) is 3.52. The van der Waals surface area contributed by atoms with Crippen molar-refractivity contribution in [3.05, 3.63) is 41.9 Å². The number of amides is 1. The number of rotatable bonds is 6. The number of aromatic nitrogens is 1. The minimum atomic E-state index is 0.122. The van der Waals surface area contributed by atoms with Crippen LogP contribution in [0.15, 0.2) is 39.9 Å². The summed E-state index contributed by atoms with van der Waals surface area (Å²) in [6.07, 6.45) is 4.35. The molecule has 0 bridgehead atoms. The third-order valence-corrected chi connectivity index (χ3v) is 5.26. The lowest BCUT2D eigenvalue weighted by Crippen LogP contribution is -2.46. The van der Waals surface area contributed by atoms with Crippen molar-refractivity contribution in [2.24, 2.45) is 10.9 Å². The highest BCUT2D eigenvalue weighted by molar-refractivity contribution is 5.80. The Kier molecular flexibility index (Phi) is 7.27. The maximum absolute atomic E-state index is 11.6. The van der Waals surface area contributed by atoms with Crippen molar-refractivity contribution >= 4 is 11.9 Å². The summed E-state index contributed by atoms with van der Waals surface area (Å²) in [5.41, 5.74) is 2.23. The molecular formula is C22H31N5O2. The molecule has 2 heterocycles. The van der Waals surface area contributed by atoms with E-state index in [2.05, 4.69) is 46.5 Å². The summed E-state index contributed by atoms with van der Waals surface area (Å²) in [6, 6.07) is 8.20. The topological polar surface area (TPSA) is 82.8 Å². The highest BCUT2D eigenvalue weighted by Gasteiger charge is 2.23. The molecule has 1 fully saturated rings. The summed E-state index contributed by atoms with van der Waals surface area (Å²) in [5, 5.41) is 6.08. The van der Waals surface area contributed by atoms with Crippen LogP contribution in [0.3, 0.4) is 0 Å². The van der Waals surface area contributed by atoms with Crippen LogP contribution in [0.25, 0.3) is 11.3 Å². The molecule has 1 amide bonds. The standard InChI is InChI=1S/C22H31N5O2/c1-4-24-22(27-11-9-17(10-12-27)13-20(28)23-3)26-15-21-25-14-19(29-21)18-7-5-16(2)6-8-18/h5-8,14,17H,4,9-13,15H2,1-3H3,(H,23,28)(H,24,26). The Labute approximate surface area is 172 Å². The normalized spacial score (nSPS) is 15.4. The largest absolute Gasteiger partial charge is 0.439 e. The predicted molar refractivity (Wildman–Crippen MR) is 114 cm³/mol. The quantitative estimate of drug-likeness (QED) is 0.578. The van der Waals surface area contributed by atoms with Gasteiger partial charge in [-0.1, -0.05) is 29.8 Å². The fourth-order valence-corrected chi connectivity index (χ4v) is 3.52. The van der Waals surface area contributed by atoms with Crippen molar-refractivity contribution in [3.8, 4) is 11.3 Å². The van der Waals surface area contributed by atoms with Gasteiger partial charge in [-0.15, -0.1) is 0 Å². The zero-order valence-corrected chi connectivity index (χ0v) is 17.6. The highest BCUT2D eigenvalue weighted by Crippen LogP contribution is 2.22. The number of nitrogens with zero attached hydrogens (tertiary/aromatic N) is 3. The van der Waals surface area contributed by atoms with Crippen LogP contribution in [0.2, 0.25) is 0 Å². The van der Waals surface area contributed by atoms with Crippen molar-refractivity contribution < 1.29 is 9.21 Å². The summed E-state index contributed by atoms with van der Waals surface area (Å²) >= 11 is 0. The number of nitrogens with one attached hydrogen (secondary N) is 2. The Hall–Kier alpha value is -2.83. The summed E-state index contributed by atoms with van der Waals surface area (Å²) in [7, 11) is 1.69. The van der Waals surface area contributed by atoms with Gasteiger partial charge in [0, 0.05) is 38.7 Å². The number of oxazole rings is 1. The Bertz CT molecular complexity index is 820. The molecule has 2 N–H and O–H groups in total. The molecule has 0 radical (unpaired) electrons. The fraction of sp³-hybridized carbons (Fsp3) is 0.500. The monoisotopic (exact) mass is 397 g/mol. The van der Waals surface area contributed by atoms with Gasteiger partial charge in [-0.3, -0.25) is 4.79 Å². The molecule has 29 heavy (non-hydrogen) atoms. The molecule has 1 aromatic carbocycles. The van der Waals surface area contributed by atoms with E-state index in [4.69, 9.17) is 9.41 Å². The van der Waals surface area contributed by atoms with Gasteiger partial charge in [0.05, 0.1) is 6.20 Å². The van der Waals surface area contributed by atoms with Crippen LogP contribution in [0.5, 0.6) is 0 Å². The molecule has 3 rings (SSSR count). The smallest absolute Gasteiger partial charge is 0.220 e. The third-order valence-electron chi connectivity index (χ3n) is 5.26. The van der Waals surface area contributed by atoms with Gasteiger partial charge in [0.2, 0.25) is 11.8 Å². The highest BCUT2D eigenvalue weighted by atomic mass is 16.4. The number of piperidine rings is 1. The summed E-state index contributed by atoms with van der Waals surface area (Å²) in [6.45, 7) is 7.12. The van der Waals surface area contributed by atoms with Crippen molar-refractivity contribution in [2.75, 3.05) is 26.7 Å². The van der Waals surface area contributed by atoms with Crippen LogP contribution in [0, 0.1) is 12.8 Å². The van der Waals surface area contributed by atoms with Crippen molar-refractivity contribution in [2.45, 2.75) is 39.7 Å². The molecule has 0 saturated carbocycles. The van der Waals surface area contributed by atoms with Gasteiger partial charge in [0.1, 0.15) is 6.54 Å². The van der Waals surface area contributed by atoms with Crippen molar-refractivity contribution in [1.29, 1.82) is 0 Å². The molecule has 2 aromatic rings. The first-order chi connectivity index (χ1) is 14.1. The average Bonchev–Trinajstić information content (AvgIpc) is 3.21. The SMILES string of the molecule is CCNC(=NCc1ncc(-c2ccc(C)cc2)o1)N1CCC(CC(=O)NC)CC1. The number of carbonyl (C=O) groups is 1. The van der Waals surface area contributed by atoms with Crippen LogP contribution in [-0.2, 0) is 11.3 Å². The molecule has 7 nitrogen and oxygen atoms in total. The van der Waals surface area contributed by atoms with E-state index < -0.39 is 0 Å². The number of benzene rings is 1. The zero-order chi connectivity index (χ0) is 20.6. The molecule has 1 aromatic heterocycles. The predicted octanol–water partition coefficient (Wildman–Crippen LogP) is 2.96. The summed E-state index contributed by atoms with van der Waals surface area (Å²) in [4.78, 5) is 23.0. The van der Waals surface area contributed by atoms with Crippen molar-refractivity contribution in [3.63, 3.8) is 0 Å². The second-order valence-corrected chi connectivity index (χ2v) is 7.46. The number of aryl methyl sites for hydroxylation is 1. The van der Waals surface area contributed by atoms with E-state index in [-0.39, 0.29) is 5.91 Å². The van der Waals surface area contributed by atoms with E-state index in [0.717, 1.165) is 49.8 Å². The Balaban J connectivity index is 1.60. The molecule has 1 saturated heterocycles. The van der Waals surface area contributed by atoms with Crippen LogP contribution < -0.4 is 10.6 Å². The lowest BCUT2D eigenvalue weighted by atomic mass is 9.93. The molecule has 1 aliphatic rings. The Morgan fingerprint density at radius 3 is 2.66 bits per heavy atom. The number of hydrogen-bond donors (Lipinski definition) is 2. The van der Waals surface area contributed by atoms with E-state index in [1.165, 1.54) is 5.56 Å². The maximum atomic E-state index is 11.6. The number of aliphatic imine (C=N–C) groups is 1. The zero-order valence-electron chi connectivity index (χ0n) is 17.6. The van der Waals surface area contributed by atoms with E-state index in [1.54, 1.807) is 13.2 Å². The number of likely N-dealkylation sites (tertiary alicyclic amines) is 1. The Morgan fingerprint density at radius 2 is 2.00 bits per heavy atom. The van der Waals surface area contributed by atoms with Gasteiger partial charge in [-0.25, -0.2) is 9.98 Å². The van der Waals surface area contributed by atoms with Gasteiger partial charge < -0.3 is 20.0 Å². The lowest BCUT2D eigenvalue weighted by Gasteiger charge is -2.34. The van der Waals surface area contributed by atoms with Crippen LogP contribution in [0.4, 0.5) is 0 Å². The lowest BCUT2D eigenvalue weighted by molar-refractivity contribution is -0.121. The summed E-state index contributed by atoms with van der Waals surface area (Å²) in [5.74, 6) is 2.80. The van der Waals surface area contributed by atoms with E-state index in [0.29, 0.717) is 24.8 Å². The minimum absolute atomic E-state index is 0.122. The molecule has 0 aliphatic carbocycles.